The molecule has 0 spiro atoms. The largest absolute Gasteiger partial charge is 0.419 e. The van der Waals surface area contributed by atoms with Crippen LogP contribution in [0, 0.1) is 0 Å². The molecule has 0 bridgehead atoms. The Morgan fingerprint density at radius 3 is 2.82 bits per heavy atom. The molecule has 3 N–H and O–H groups in total. The minimum atomic E-state index is -0.470. The van der Waals surface area contributed by atoms with E-state index in [1.54, 1.807) is 25.2 Å². The number of carbonyl (C=O) groups excluding carboxylic acids is 1. The Labute approximate surface area is 127 Å². The third kappa shape index (κ3) is 3.30. The Morgan fingerprint density at radius 2 is 2.18 bits per heavy atom. The van der Waals surface area contributed by atoms with Gasteiger partial charge in [-0.15, -0.1) is 0 Å². The fraction of sp³-hybridized carbons (Fsp3) is 0.467. The van der Waals surface area contributed by atoms with Gasteiger partial charge in [-0.05, 0) is 31.9 Å². The fourth-order valence-electron chi connectivity index (χ4n) is 2.22. The van der Waals surface area contributed by atoms with Crippen molar-refractivity contribution in [3.63, 3.8) is 0 Å². The molecule has 0 aliphatic rings. The molecular weight excluding hydrogens is 286 g/mol. The van der Waals surface area contributed by atoms with E-state index in [1.165, 1.54) is 4.57 Å². The molecule has 0 radical (unpaired) electrons. The number of urea groups is 1. The molecule has 120 valence electrons. The number of oxazole rings is 1. The van der Waals surface area contributed by atoms with Crippen molar-refractivity contribution < 1.29 is 14.3 Å². The number of hydrogen-bond donors (Lipinski definition) is 3. The molecule has 0 fully saturated rings. The number of nitrogens with zero attached hydrogens (tertiary/aromatic N) is 1. The van der Waals surface area contributed by atoms with Gasteiger partial charge in [0.2, 0.25) is 0 Å². The average molecular weight is 307 g/mol. The van der Waals surface area contributed by atoms with Crippen LogP contribution in [0.1, 0.15) is 26.7 Å². The van der Waals surface area contributed by atoms with E-state index >= 15 is 0 Å². The summed E-state index contributed by atoms with van der Waals surface area (Å²) in [6.07, 6.45) is 1.18. The van der Waals surface area contributed by atoms with Crippen molar-refractivity contribution >= 4 is 22.8 Å². The lowest BCUT2D eigenvalue weighted by molar-refractivity contribution is 0.208. The van der Waals surface area contributed by atoms with Crippen LogP contribution in [0.15, 0.2) is 27.4 Å². The Hall–Kier alpha value is -2.28. The van der Waals surface area contributed by atoms with Crippen LogP contribution in [0.5, 0.6) is 0 Å². The third-order valence-corrected chi connectivity index (χ3v) is 3.91. The quantitative estimate of drug-likeness (QED) is 0.784. The molecule has 1 atom stereocenters. The maximum absolute atomic E-state index is 12.1. The van der Waals surface area contributed by atoms with Crippen LogP contribution in [0.25, 0.3) is 11.1 Å². The zero-order valence-electron chi connectivity index (χ0n) is 13.0. The van der Waals surface area contributed by atoms with Gasteiger partial charge in [-0.25, -0.2) is 9.59 Å². The first-order valence-corrected chi connectivity index (χ1v) is 7.18. The smallest absolute Gasteiger partial charge is 0.408 e. The van der Waals surface area contributed by atoms with Gasteiger partial charge in [0, 0.05) is 30.9 Å². The monoisotopic (exact) mass is 307 g/mol. The van der Waals surface area contributed by atoms with Crippen LogP contribution in [-0.2, 0) is 7.05 Å². The number of carbonyl (C=O) groups is 1. The molecule has 0 aliphatic heterocycles. The van der Waals surface area contributed by atoms with Gasteiger partial charge in [-0.2, -0.15) is 0 Å². The van der Waals surface area contributed by atoms with Gasteiger partial charge in [0.25, 0.3) is 0 Å². The lowest BCUT2D eigenvalue weighted by Crippen LogP contribution is -2.48. The number of rotatable bonds is 5. The molecule has 7 heteroatoms. The molecule has 2 amide bonds. The summed E-state index contributed by atoms with van der Waals surface area (Å²) in [5.74, 6) is -0.446. The standard InChI is InChI=1S/C15H21N3O4/c1-4-15(2,7-8-19)17-13(20)16-10-5-6-11-12(9-10)22-14(21)18(11)3/h5-6,9,19H,4,7-8H2,1-3H3,(H2,16,17,20). The molecule has 1 heterocycles. The highest BCUT2D eigenvalue weighted by atomic mass is 16.4. The zero-order chi connectivity index (χ0) is 16.3. The Kier molecular flexibility index (Phi) is 4.56. The van der Waals surface area contributed by atoms with Gasteiger partial charge < -0.3 is 20.2 Å². The highest BCUT2D eigenvalue weighted by Crippen LogP contribution is 2.19. The molecule has 0 saturated carbocycles. The number of amides is 2. The van der Waals surface area contributed by atoms with Crippen molar-refractivity contribution in [3.8, 4) is 0 Å². The molecule has 1 aromatic carbocycles. The Morgan fingerprint density at radius 1 is 1.45 bits per heavy atom. The number of hydrogen-bond acceptors (Lipinski definition) is 4. The summed E-state index contributed by atoms with van der Waals surface area (Å²) in [6.45, 7) is 3.83. The normalized spacial score (nSPS) is 13.8. The zero-order valence-corrected chi connectivity index (χ0v) is 13.0. The maximum Gasteiger partial charge on any atom is 0.419 e. The highest BCUT2D eigenvalue weighted by molar-refractivity contribution is 5.92. The van der Waals surface area contributed by atoms with Crippen molar-refractivity contribution in [1.82, 2.24) is 9.88 Å². The second kappa shape index (κ2) is 6.23. The first-order chi connectivity index (χ1) is 10.4. The molecule has 2 rings (SSSR count). The summed E-state index contributed by atoms with van der Waals surface area (Å²) >= 11 is 0. The van der Waals surface area contributed by atoms with Crippen LogP contribution in [0.3, 0.4) is 0 Å². The van der Waals surface area contributed by atoms with Crippen molar-refractivity contribution in [1.29, 1.82) is 0 Å². The predicted octanol–water partition coefficient (Wildman–Crippen LogP) is 1.80. The van der Waals surface area contributed by atoms with Gasteiger partial charge in [0.1, 0.15) is 0 Å². The summed E-state index contributed by atoms with van der Waals surface area (Å²) in [5.41, 5.74) is 1.14. The summed E-state index contributed by atoms with van der Waals surface area (Å²) < 4.78 is 6.48. The topological polar surface area (TPSA) is 96.5 Å². The summed E-state index contributed by atoms with van der Waals surface area (Å²) in [4.78, 5) is 23.5. The summed E-state index contributed by atoms with van der Waals surface area (Å²) in [7, 11) is 1.62. The number of aliphatic hydroxyl groups is 1. The van der Waals surface area contributed by atoms with E-state index in [0.29, 0.717) is 29.6 Å². The summed E-state index contributed by atoms with van der Waals surface area (Å²) in [6, 6.07) is 4.65. The minimum absolute atomic E-state index is 0.00571. The van der Waals surface area contributed by atoms with E-state index < -0.39 is 11.3 Å². The molecule has 22 heavy (non-hydrogen) atoms. The number of aromatic nitrogens is 1. The average Bonchev–Trinajstić information content (AvgIpc) is 2.73. The Bertz CT molecular complexity index is 734. The lowest BCUT2D eigenvalue weighted by Gasteiger charge is -2.28. The molecule has 1 aromatic heterocycles. The van der Waals surface area contributed by atoms with Crippen molar-refractivity contribution in [2.45, 2.75) is 32.2 Å². The lowest BCUT2D eigenvalue weighted by atomic mass is 9.95. The van der Waals surface area contributed by atoms with Crippen molar-refractivity contribution in [2.75, 3.05) is 11.9 Å². The van der Waals surface area contributed by atoms with E-state index in [1.807, 2.05) is 13.8 Å². The van der Waals surface area contributed by atoms with Crippen LogP contribution in [0.2, 0.25) is 0 Å². The number of aryl methyl sites for hydroxylation is 1. The number of fused-ring (bicyclic) bond motifs is 1. The van der Waals surface area contributed by atoms with Gasteiger partial charge in [-0.1, -0.05) is 6.92 Å². The molecular formula is C15H21N3O4. The van der Waals surface area contributed by atoms with Crippen molar-refractivity contribution in [2.24, 2.45) is 7.05 Å². The molecule has 0 saturated heterocycles. The minimum Gasteiger partial charge on any atom is -0.408 e. The van der Waals surface area contributed by atoms with Gasteiger partial charge in [-0.3, -0.25) is 4.57 Å². The predicted molar refractivity (Wildman–Crippen MR) is 84.0 cm³/mol. The molecule has 0 aliphatic carbocycles. The van der Waals surface area contributed by atoms with Crippen LogP contribution < -0.4 is 16.4 Å². The maximum atomic E-state index is 12.1. The molecule has 7 nitrogen and oxygen atoms in total. The van der Waals surface area contributed by atoms with E-state index in [-0.39, 0.29) is 12.6 Å². The Balaban J connectivity index is 2.13. The van der Waals surface area contributed by atoms with E-state index in [4.69, 9.17) is 9.52 Å². The molecule has 1 unspecified atom stereocenters. The van der Waals surface area contributed by atoms with Gasteiger partial charge in [0.05, 0.1) is 5.52 Å². The van der Waals surface area contributed by atoms with E-state index in [0.717, 1.165) is 0 Å². The number of anilines is 1. The van der Waals surface area contributed by atoms with Gasteiger partial charge in [0.15, 0.2) is 5.58 Å². The van der Waals surface area contributed by atoms with E-state index in [2.05, 4.69) is 10.6 Å². The first-order valence-electron chi connectivity index (χ1n) is 7.18. The number of aliphatic hydroxyl groups excluding tert-OH is 1. The SMILES string of the molecule is CCC(C)(CCO)NC(=O)Nc1ccc2c(c1)oc(=O)n2C. The van der Waals surface area contributed by atoms with Crippen molar-refractivity contribution in [3.05, 3.63) is 28.7 Å². The number of nitrogens with one attached hydrogen (secondary N) is 2. The van der Waals surface area contributed by atoms with Crippen LogP contribution in [-0.4, -0.2) is 27.9 Å². The first kappa shape index (κ1) is 16.1. The number of benzene rings is 1. The highest BCUT2D eigenvalue weighted by Gasteiger charge is 2.23. The van der Waals surface area contributed by atoms with Crippen LogP contribution in [0.4, 0.5) is 10.5 Å². The summed E-state index contributed by atoms with van der Waals surface area (Å²) in [5, 5.41) is 14.6. The second-order valence-corrected chi connectivity index (χ2v) is 5.58. The third-order valence-electron chi connectivity index (χ3n) is 3.91. The van der Waals surface area contributed by atoms with E-state index in [9.17, 15) is 9.59 Å². The molecule has 2 aromatic rings. The fourth-order valence-corrected chi connectivity index (χ4v) is 2.22. The second-order valence-electron chi connectivity index (χ2n) is 5.58. The van der Waals surface area contributed by atoms with Crippen LogP contribution >= 0.6 is 0 Å². The van der Waals surface area contributed by atoms with Gasteiger partial charge >= 0.3 is 11.8 Å².